The van der Waals surface area contributed by atoms with Crippen molar-refractivity contribution in [1.82, 2.24) is 25.6 Å². The number of aromatic nitrogens is 5. The zero-order valence-corrected chi connectivity index (χ0v) is 17.6. The largest absolute Gasteiger partial charge is 0.496 e. The number of rotatable bonds is 5. The van der Waals surface area contributed by atoms with Gasteiger partial charge < -0.3 is 9.47 Å². The third-order valence-corrected chi connectivity index (χ3v) is 4.97. The molecule has 0 spiro atoms. The SMILES string of the molecule is Cc1cc(OCc2ccc(-c3ccccc3-c3nn[nH]n3)cc2)c2c(n1)C=COC2.Cl. The summed E-state index contributed by atoms with van der Waals surface area (Å²) in [6.45, 7) is 2.90. The van der Waals surface area contributed by atoms with Crippen molar-refractivity contribution in [3.8, 4) is 28.3 Å². The quantitative estimate of drug-likeness (QED) is 0.489. The molecule has 0 amide bonds. The molecule has 0 saturated carbocycles. The number of fused-ring (bicyclic) bond motifs is 1. The van der Waals surface area contributed by atoms with Crippen molar-refractivity contribution in [2.45, 2.75) is 20.1 Å². The number of H-pyrrole nitrogens is 1. The Labute approximate surface area is 185 Å². The molecule has 0 unspecified atom stereocenters. The third kappa shape index (κ3) is 4.27. The molecule has 0 radical (unpaired) electrons. The summed E-state index contributed by atoms with van der Waals surface area (Å²) in [6, 6.07) is 18.3. The Morgan fingerprint density at radius 3 is 2.65 bits per heavy atom. The molecule has 7 nitrogen and oxygen atoms in total. The van der Waals surface area contributed by atoms with E-state index in [-0.39, 0.29) is 12.4 Å². The van der Waals surface area contributed by atoms with E-state index in [0.717, 1.165) is 45.0 Å². The number of tetrazole rings is 1. The van der Waals surface area contributed by atoms with Crippen LogP contribution < -0.4 is 4.74 Å². The Kier molecular flexibility index (Phi) is 5.95. The van der Waals surface area contributed by atoms with Gasteiger partial charge in [0.05, 0.1) is 17.5 Å². The molecule has 3 heterocycles. The summed E-state index contributed by atoms with van der Waals surface area (Å²) in [4.78, 5) is 4.54. The van der Waals surface area contributed by atoms with Gasteiger partial charge in [-0.2, -0.15) is 5.21 Å². The maximum absolute atomic E-state index is 6.11. The smallest absolute Gasteiger partial charge is 0.205 e. The molecular formula is C23H20ClN5O2. The van der Waals surface area contributed by atoms with Crippen LogP contribution in [0.1, 0.15) is 22.5 Å². The van der Waals surface area contributed by atoms with Crippen molar-refractivity contribution in [1.29, 1.82) is 0 Å². The lowest BCUT2D eigenvalue weighted by molar-refractivity contribution is 0.222. The van der Waals surface area contributed by atoms with Crippen LogP contribution >= 0.6 is 12.4 Å². The Bertz CT molecular complexity index is 1210. The highest BCUT2D eigenvalue weighted by Crippen LogP contribution is 2.31. The van der Waals surface area contributed by atoms with Crippen LogP contribution in [-0.2, 0) is 18.0 Å². The van der Waals surface area contributed by atoms with Crippen molar-refractivity contribution >= 4 is 18.5 Å². The predicted octanol–water partition coefficient (Wildman–Crippen LogP) is 4.74. The molecule has 8 heteroatoms. The first-order valence-electron chi connectivity index (χ1n) is 9.61. The highest BCUT2D eigenvalue weighted by molar-refractivity contribution is 5.85. The number of hydrogen-bond donors (Lipinski definition) is 1. The molecule has 0 saturated heterocycles. The third-order valence-electron chi connectivity index (χ3n) is 4.97. The minimum atomic E-state index is 0. The van der Waals surface area contributed by atoms with Gasteiger partial charge in [-0.1, -0.05) is 48.5 Å². The average molecular weight is 434 g/mol. The van der Waals surface area contributed by atoms with Gasteiger partial charge in [0.2, 0.25) is 5.82 Å². The molecule has 0 atom stereocenters. The number of nitrogens with zero attached hydrogens (tertiary/aromatic N) is 4. The Hall–Kier alpha value is -3.71. The summed E-state index contributed by atoms with van der Waals surface area (Å²) in [7, 11) is 0. The van der Waals surface area contributed by atoms with Crippen molar-refractivity contribution in [3.05, 3.63) is 83.4 Å². The van der Waals surface area contributed by atoms with Crippen molar-refractivity contribution in [2.24, 2.45) is 0 Å². The lowest BCUT2D eigenvalue weighted by Crippen LogP contribution is -2.06. The topological polar surface area (TPSA) is 85.8 Å². The summed E-state index contributed by atoms with van der Waals surface area (Å²) >= 11 is 0. The van der Waals surface area contributed by atoms with E-state index in [4.69, 9.17) is 9.47 Å². The minimum Gasteiger partial charge on any atom is -0.496 e. The highest BCUT2D eigenvalue weighted by atomic mass is 35.5. The van der Waals surface area contributed by atoms with E-state index in [1.807, 2.05) is 37.3 Å². The van der Waals surface area contributed by atoms with Crippen LogP contribution in [-0.4, -0.2) is 25.6 Å². The van der Waals surface area contributed by atoms with E-state index < -0.39 is 0 Å². The molecule has 156 valence electrons. The number of benzene rings is 2. The summed E-state index contributed by atoms with van der Waals surface area (Å²) in [6.07, 6.45) is 3.54. The number of aryl methyl sites for hydroxylation is 1. The van der Waals surface area contributed by atoms with Gasteiger partial charge in [-0.15, -0.1) is 22.6 Å². The number of hydrogen-bond acceptors (Lipinski definition) is 6. The molecule has 2 aromatic carbocycles. The monoisotopic (exact) mass is 433 g/mol. The van der Waals surface area contributed by atoms with Crippen LogP contribution in [0.5, 0.6) is 5.75 Å². The fourth-order valence-corrected chi connectivity index (χ4v) is 3.50. The molecule has 0 aliphatic carbocycles. The fraction of sp³-hybridized carbons (Fsp3) is 0.130. The van der Waals surface area contributed by atoms with E-state index >= 15 is 0 Å². The summed E-state index contributed by atoms with van der Waals surface area (Å²) in [5, 5.41) is 14.4. The molecular weight excluding hydrogens is 414 g/mol. The van der Waals surface area contributed by atoms with E-state index in [9.17, 15) is 0 Å². The molecule has 0 bridgehead atoms. The van der Waals surface area contributed by atoms with Crippen molar-refractivity contribution in [2.75, 3.05) is 0 Å². The van der Waals surface area contributed by atoms with Gasteiger partial charge in [0.15, 0.2) is 0 Å². The van der Waals surface area contributed by atoms with E-state index in [1.54, 1.807) is 6.26 Å². The summed E-state index contributed by atoms with van der Waals surface area (Å²) in [5.74, 6) is 1.39. The van der Waals surface area contributed by atoms with Crippen molar-refractivity contribution in [3.63, 3.8) is 0 Å². The number of pyridine rings is 1. The van der Waals surface area contributed by atoms with Gasteiger partial charge in [0, 0.05) is 17.3 Å². The first kappa shape index (κ1) is 20.6. The molecule has 5 rings (SSSR count). The number of ether oxygens (including phenoxy) is 2. The van der Waals surface area contributed by atoms with E-state index in [1.165, 1.54) is 0 Å². The normalized spacial score (nSPS) is 11.9. The predicted molar refractivity (Wildman–Crippen MR) is 119 cm³/mol. The standard InChI is InChI=1S/C23H19N5O2.ClH/c1-15-12-22(20-14-29-11-10-21(20)24-15)30-13-16-6-8-17(9-7-16)18-4-2-3-5-19(18)23-25-27-28-26-23;/h2-12H,13-14H2,1H3,(H,25,26,27,28);1H. The molecule has 31 heavy (non-hydrogen) atoms. The zero-order chi connectivity index (χ0) is 20.3. The maximum Gasteiger partial charge on any atom is 0.205 e. The van der Waals surface area contributed by atoms with Crippen LogP contribution in [0.25, 0.3) is 28.6 Å². The number of halogens is 1. The van der Waals surface area contributed by atoms with Gasteiger partial charge in [0.25, 0.3) is 0 Å². The van der Waals surface area contributed by atoms with Crippen LogP contribution in [0, 0.1) is 6.92 Å². The van der Waals surface area contributed by atoms with Crippen LogP contribution in [0.3, 0.4) is 0 Å². The molecule has 4 aromatic rings. The van der Waals surface area contributed by atoms with Gasteiger partial charge in [0.1, 0.15) is 19.0 Å². The summed E-state index contributed by atoms with van der Waals surface area (Å²) in [5.41, 5.74) is 6.94. The second kappa shape index (κ2) is 8.97. The maximum atomic E-state index is 6.11. The summed E-state index contributed by atoms with van der Waals surface area (Å²) < 4.78 is 11.5. The lowest BCUT2D eigenvalue weighted by atomic mass is 9.98. The molecule has 1 aliphatic heterocycles. The lowest BCUT2D eigenvalue weighted by Gasteiger charge is -2.17. The Morgan fingerprint density at radius 2 is 1.87 bits per heavy atom. The molecule has 1 N–H and O–H groups in total. The van der Waals surface area contributed by atoms with Crippen LogP contribution in [0.15, 0.2) is 60.9 Å². The molecule has 1 aliphatic rings. The Morgan fingerprint density at radius 1 is 1.06 bits per heavy atom. The van der Waals surface area contributed by atoms with Gasteiger partial charge in [-0.05, 0) is 34.9 Å². The van der Waals surface area contributed by atoms with E-state index in [2.05, 4.69) is 55.9 Å². The van der Waals surface area contributed by atoms with Crippen LogP contribution in [0.4, 0.5) is 0 Å². The Balaban J connectivity index is 0.00000231. The fourth-order valence-electron chi connectivity index (χ4n) is 3.50. The molecule has 0 fully saturated rings. The number of aromatic amines is 1. The zero-order valence-electron chi connectivity index (χ0n) is 16.8. The van der Waals surface area contributed by atoms with Crippen molar-refractivity contribution < 1.29 is 9.47 Å². The van der Waals surface area contributed by atoms with Gasteiger partial charge in [-0.25, -0.2) is 0 Å². The molecule has 2 aromatic heterocycles. The average Bonchev–Trinajstić information content (AvgIpc) is 3.33. The number of nitrogens with one attached hydrogen (secondary N) is 1. The first-order valence-corrected chi connectivity index (χ1v) is 9.61. The van der Waals surface area contributed by atoms with Gasteiger partial charge in [-0.3, -0.25) is 4.98 Å². The second-order valence-corrected chi connectivity index (χ2v) is 7.01. The van der Waals surface area contributed by atoms with Gasteiger partial charge >= 0.3 is 0 Å². The highest BCUT2D eigenvalue weighted by Gasteiger charge is 2.15. The van der Waals surface area contributed by atoms with E-state index in [0.29, 0.717) is 19.0 Å². The first-order chi connectivity index (χ1) is 14.8. The second-order valence-electron chi connectivity index (χ2n) is 7.01. The minimum absolute atomic E-state index is 0. The van der Waals surface area contributed by atoms with Crippen LogP contribution in [0.2, 0.25) is 0 Å².